The minimum absolute atomic E-state index is 0.800. The van der Waals surface area contributed by atoms with Gasteiger partial charge in [-0.2, -0.15) is 0 Å². The van der Waals surface area contributed by atoms with Gasteiger partial charge in [0.2, 0.25) is 0 Å². The van der Waals surface area contributed by atoms with Gasteiger partial charge in [0.15, 0.2) is 0 Å². The third-order valence-electron chi connectivity index (χ3n) is 1.44. The van der Waals surface area contributed by atoms with E-state index in [1.54, 1.807) is 0 Å². The van der Waals surface area contributed by atoms with Crippen LogP contribution in [0.5, 0.6) is 0 Å². The van der Waals surface area contributed by atoms with Crippen molar-refractivity contribution >= 4 is 5.71 Å². The van der Waals surface area contributed by atoms with E-state index in [2.05, 4.69) is 6.92 Å². The fraction of sp³-hybridized carbons (Fsp3) is 0.571. The smallest absolute Gasteiger partial charge is 0.0313 e. The first-order valence-electron chi connectivity index (χ1n) is 3.03. The maximum absolute atomic E-state index is 7.24. The SMILES string of the molecule is CC1=CC(=N)CCC1. The molecule has 1 aliphatic rings. The molecule has 1 aliphatic carbocycles. The van der Waals surface area contributed by atoms with Gasteiger partial charge in [0, 0.05) is 5.71 Å². The van der Waals surface area contributed by atoms with Crippen molar-refractivity contribution in [3.63, 3.8) is 0 Å². The van der Waals surface area contributed by atoms with Crippen LogP contribution in [0.15, 0.2) is 11.6 Å². The standard InChI is InChI=1S/C7H11N/c1-6-3-2-4-7(8)5-6/h5,8H,2-4H2,1H3. The number of nitrogens with one attached hydrogen (secondary N) is 1. The fourth-order valence-electron chi connectivity index (χ4n) is 0.999. The van der Waals surface area contributed by atoms with Crippen molar-refractivity contribution in [2.75, 3.05) is 0 Å². The van der Waals surface area contributed by atoms with E-state index in [0.717, 1.165) is 12.1 Å². The molecule has 0 fully saturated rings. The molecule has 0 saturated carbocycles. The van der Waals surface area contributed by atoms with E-state index in [-0.39, 0.29) is 0 Å². The number of hydrogen-bond acceptors (Lipinski definition) is 1. The maximum Gasteiger partial charge on any atom is 0.0313 e. The van der Waals surface area contributed by atoms with Crippen molar-refractivity contribution in [2.45, 2.75) is 26.2 Å². The van der Waals surface area contributed by atoms with Crippen molar-refractivity contribution in [1.82, 2.24) is 0 Å². The first kappa shape index (κ1) is 5.54. The normalized spacial score (nSPS) is 20.6. The van der Waals surface area contributed by atoms with Gasteiger partial charge in [0.25, 0.3) is 0 Å². The molecule has 44 valence electrons. The van der Waals surface area contributed by atoms with Gasteiger partial charge in [-0.05, 0) is 32.3 Å². The third-order valence-corrected chi connectivity index (χ3v) is 1.44. The number of rotatable bonds is 0. The van der Waals surface area contributed by atoms with E-state index < -0.39 is 0 Å². The van der Waals surface area contributed by atoms with Crippen molar-refractivity contribution in [3.8, 4) is 0 Å². The van der Waals surface area contributed by atoms with Gasteiger partial charge >= 0.3 is 0 Å². The van der Waals surface area contributed by atoms with Crippen LogP contribution >= 0.6 is 0 Å². The van der Waals surface area contributed by atoms with E-state index >= 15 is 0 Å². The Morgan fingerprint density at radius 2 is 2.25 bits per heavy atom. The van der Waals surface area contributed by atoms with Gasteiger partial charge in [-0.3, -0.25) is 0 Å². The molecule has 0 heterocycles. The lowest BCUT2D eigenvalue weighted by Crippen LogP contribution is -1.98. The molecule has 1 heteroatoms. The van der Waals surface area contributed by atoms with Crippen LogP contribution in [-0.4, -0.2) is 5.71 Å². The molecule has 0 amide bonds. The summed E-state index contributed by atoms with van der Waals surface area (Å²) in [5, 5.41) is 7.24. The van der Waals surface area contributed by atoms with Crippen LogP contribution < -0.4 is 0 Å². The summed E-state index contributed by atoms with van der Waals surface area (Å²) in [6.45, 7) is 2.09. The van der Waals surface area contributed by atoms with Gasteiger partial charge in [0.1, 0.15) is 0 Å². The van der Waals surface area contributed by atoms with Crippen LogP contribution in [0.1, 0.15) is 26.2 Å². The summed E-state index contributed by atoms with van der Waals surface area (Å²) in [5.74, 6) is 0. The second-order valence-electron chi connectivity index (χ2n) is 2.37. The molecule has 0 radical (unpaired) electrons. The Morgan fingerprint density at radius 3 is 2.62 bits per heavy atom. The molecular weight excluding hydrogens is 98.1 g/mol. The summed E-state index contributed by atoms with van der Waals surface area (Å²) < 4.78 is 0. The molecule has 0 saturated heterocycles. The number of hydrogen-bond donors (Lipinski definition) is 1. The van der Waals surface area contributed by atoms with Gasteiger partial charge in [-0.25, -0.2) is 0 Å². The van der Waals surface area contributed by atoms with Crippen LogP contribution in [0, 0.1) is 5.41 Å². The minimum atomic E-state index is 0.800. The van der Waals surface area contributed by atoms with E-state index in [0.29, 0.717) is 0 Å². The molecular formula is C7H11N. The first-order valence-corrected chi connectivity index (χ1v) is 3.03. The molecule has 1 rings (SSSR count). The molecule has 0 spiro atoms. The zero-order valence-corrected chi connectivity index (χ0v) is 5.20. The molecule has 8 heavy (non-hydrogen) atoms. The van der Waals surface area contributed by atoms with Crippen LogP contribution in [0.4, 0.5) is 0 Å². The Bertz CT molecular complexity index is 133. The van der Waals surface area contributed by atoms with Crippen molar-refractivity contribution in [2.24, 2.45) is 0 Å². The van der Waals surface area contributed by atoms with Gasteiger partial charge in [0.05, 0.1) is 0 Å². The lowest BCUT2D eigenvalue weighted by Gasteiger charge is -2.07. The van der Waals surface area contributed by atoms with Gasteiger partial charge in [-0.15, -0.1) is 0 Å². The summed E-state index contributed by atoms with van der Waals surface area (Å²) in [6.07, 6.45) is 5.34. The fourth-order valence-corrected chi connectivity index (χ4v) is 0.999. The minimum Gasteiger partial charge on any atom is -0.305 e. The largest absolute Gasteiger partial charge is 0.305 e. The molecule has 0 aromatic carbocycles. The Labute approximate surface area is 49.9 Å². The number of allylic oxidation sites excluding steroid dienone is 2. The molecule has 0 aromatic heterocycles. The maximum atomic E-state index is 7.24. The quantitative estimate of drug-likeness (QED) is 0.492. The summed E-state index contributed by atoms with van der Waals surface area (Å²) in [4.78, 5) is 0. The summed E-state index contributed by atoms with van der Waals surface area (Å²) >= 11 is 0. The molecule has 0 aliphatic heterocycles. The topological polar surface area (TPSA) is 23.9 Å². The van der Waals surface area contributed by atoms with Crippen molar-refractivity contribution in [1.29, 1.82) is 5.41 Å². The van der Waals surface area contributed by atoms with Crippen LogP contribution in [0.3, 0.4) is 0 Å². The molecule has 1 nitrogen and oxygen atoms in total. The predicted molar refractivity (Wildman–Crippen MR) is 35.3 cm³/mol. The van der Waals surface area contributed by atoms with Crippen molar-refractivity contribution < 1.29 is 0 Å². The first-order chi connectivity index (χ1) is 3.79. The molecule has 0 aromatic rings. The van der Waals surface area contributed by atoms with E-state index in [9.17, 15) is 0 Å². The zero-order valence-electron chi connectivity index (χ0n) is 5.20. The second kappa shape index (κ2) is 2.12. The lowest BCUT2D eigenvalue weighted by atomic mass is 10.00. The molecule has 0 bridgehead atoms. The summed E-state index contributed by atoms with van der Waals surface area (Å²) in [7, 11) is 0. The van der Waals surface area contributed by atoms with E-state index in [1.165, 1.54) is 18.4 Å². The second-order valence-corrected chi connectivity index (χ2v) is 2.37. The monoisotopic (exact) mass is 109 g/mol. The molecule has 1 N–H and O–H groups in total. The van der Waals surface area contributed by atoms with Crippen LogP contribution in [0.2, 0.25) is 0 Å². The van der Waals surface area contributed by atoms with Gasteiger partial charge < -0.3 is 5.41 Å². The van der Waals surface area contributed by atoms with Gasteiger partial charge in [-0.1, -0.05) is 5.57 Å². The van der Waals surface area contributed by atoms with Crippen molar-refractivity contribution in [3.05, 3.63) is 11.6 Å². The lowest BCUT2D eigenvalue weighted by molar-refractivity contribution is 0.833. The highest BCUT2D eigenvalue weighted by Gasteiger charge is 2.01. The third kappa shape index (κ3) is 1.19. The van der Waals surface area contributed by atoms with E-state index in [1.807, 2.05) is 6.08 Å². The highest BCUT2D eigenvalue weighted by Crippen LogP contribution is 2.13. The highest BCUT2D eigenvalue weighted by atomic mass is 14.4. The summed E-state index contributed by atoms with van der Waals surface area (Å²) in [6, 6.07) is 0. The Balaban J connectivity index is 2.64. The molecule has 0 unspecified atom stereocenters. The average molecular weight is 109 g/mol. The average Bonchev–Trinajstić information content (AvgIpc) is 1.64. The predicted octanol–water partition coefficient (Wildman–Crippen LogP) is 2.14. The van der Waals surface area contributed by atoms with Crippen LogP contribution in [0.25, 0.3) is 0 Å². The Hall–Kier alpha value is -0.590. The Morgan fingerprint density at radius 1 is 1.50 bits per heavy atom. The van der Waals surface area contributed by atoms with Crippen LogP contribution in [-0.2, 0) is 0 Å². The summed E-state index contributed by atoms with van der Waals surface area (Å²) in [5.41, 5.74) is 2.16. The Kier molecular flexibility index (Phi) is 1.47. The molecule has 0 atom stereocenters. The van der Waals surface area contributed by atoms with E-state index in [4.69, 9.17) is 5.41 Å². The zero-order chi connectivity index (χ0) is 5.98. The highest BCUT2D eigenvalue weighted by molar-refractivity contribution is 5.93.